The van der Waals surface area contributed by atoms with Gasteiger partial charge >= 0.3 is 5.97 Å². The van der Waals surface area contributed by atoms with Crippen LogP contribution < -0.4 is 0 Å². The first-order chi connectivity index (χ1) is 10.5. The molecule has 1 aromatic heterocycles. The highest BCUT2D eigenvalue weighted by molar-refractivity contribution is 7.91. The van der Waals surface area contributed by atoms with Gasteiger partial charge in [-0.3, -0.25) is 4.79 Å². The molecule has 2 fully saturated rings. The fourth-order valence-corrected chi connectivity index (χ4v) is 4.43. The van der Waals surface area contributed by atoms with Gasteiger partial charge in [-0.25, -0.2) is 13.2 Å². The van der Waals surface area contributed by atoms with E-state index in [1.165, 1.54) is 12.3 Å². The molecule has 120 valence electrons. The van der Waals surface area contributed by atoms with Crippen LogP contribution in [-0.2, 0) is 19.4 Å². The summed E-state index contributed by atoms with van der Waals surface area (Å²) in [5, 5.41) is 0. The van der Waals surface area contributed by atoms with Gasteiger partial charge in [0.05, 0.1) is 17.8 Å². The van der Waals surface area contributed by atoms with E-state index in [0.717, 1.165) is 12.8 Å². The van der Waals surface area contributed by atoms with E-state index in [4.69, 9.17) is 9.15 Å². The smallest absolute Gasteiger partial charge is 0.374 e. The Bertz CT molecular complexity index is 662. The molecule has 22 heavy (non-hydrogen) atoms. The fraction of sp³-hybridized carbons (Fsp3) is 0.571. The summed E-state index contributed by atoms with van der Waals surface area (Å²) in [6, 6.07) is 2.79. The average Bonchev–Trinajstić information content (AvgIpc) is 3.00. The lowest BCUT2D eigenvalue weighted by atomic mass is 10.2. The van der Waals surface area contributed by atoms with Gasteiger partial charge in [-0.05, 0) is 31.4 Å². The van der Waals surface area contributed by atoms with Gasteiger partial charge in [0.2, 0.25) is 5.76 Å². The molecule has 1 atom stereocenters. The van der Waals surface area contributed by atoms with Crippen LogP contribution in [0.25, 0.3) is 0 Å². The Hall–Kier alpha value is -1.83. The molecule has 0 unspecified atom stereocenters. The van der Waals surface area contributed by atoms with Crippen molar-refractivity contribution in [3.8, 4) is 0 Å². The lowest BCUT2D eigenvalue weighted by Gasteiger charge is -2.28. The summed E-state index contributed by atoms with van der Waals surface area (Å²) in [6.45, 7) is -0.396. The first kappa shape index (κ1) is 15.1. The van der Waals surface area contributed by atoms with E-state index >= 15 is 0 Å². The van der Waals surface area contributed by atoms with Crippen LogP contribution in [-0.4, -0.2) is 55.4 Å². The summed E-state index contributed by atoms with van der Waals surface area (Å²) in [5.74, 6) is -0.895. The van der Waals surface area contributed by atoms with Gasteiger partial charge in [0.1, 0.15) is 0 Å². The molecule has 8 heteroatoms. The van der Waals surface area contributed by atoms with Gasteiger partial charge in [-0.1, -0.05) is 0 Å². The van der Waals surface area contributed by atoms with Crippen LogP contribution in [0.2, 0.25) is 0 Å². The molecule has 1 saturated carbocycles. The molecule has 1 aromatic rings. The zero-order valence-electron chi connectivity index (χ0n) is 11.9. The summed E-state index contributed by atoms with van der Waals surface area (Å²) in [4.78, 5) is 25.6. The Morgan fingerprint density at radius 2 is 2.05 bits per heavy atom. The van der Waals surface area contributed by atoms with Crippen molar-refractivity contribution in [3.05, 3.63) is 24.2 Å². The number of ether oxygens (including phenoxy) is 1. The number of hydrogen-bond donors (Lipinski definition) is 0. The van der Waals surface area contributed by atoms with Crippen molar-refractivity contribution in [2.24, 2.45) is 0 Å². The van der Waals surface area contributed by atoms with Crippen molar-refractivity contribution >= 4 is 21.7 Å². The molecule has 0 bridgehead atoms. The minimum absolute atomic E-state index is 0.00136. The minimum Gasteiger partial charge on any atom is -0.457 e. The number of hydrogen-bond acceptors (Lipinski definition) is 6. The highest BCUT2D eigenvalue weighted by Gasteiger charge is 2.42. The number of rotatable bonds is 5. The Kier molecular flexibility index (Phi) is 3.94. The molecule has 0 N–H and O–H groups in total. The molecule has 1 saturated heterocycles. The predicted molar refractivity (Wildman–Crippen MR) is 75.9 cm³/mol. The zero-order valence-corrected chi connectivity index (χ0v) is 12.8. The fourth-order valence-electron chi connectivity index (χ4n) is 2.72. The molecule has 1 aliphatic carbocycles. The molecular formula is C14H17NO6S. The number of furan rings is 1. The van der Waals surface area contributed by atoms with Gasteiger partial charge in [-0.15, -0.1) is 0 Å². The molecule has 1 aliphatic heterocycles. The van der Waals surface area contributed by atoms with Gasteiger partial charge in [0.15, 0.2) is 16.4 Å². The van der Waals surface area contributed by atoms with Crippen molar-refractivity contribution in [2.45, 2.75) is 31.3 Å². The maximum absolute atomic E-state index is 12.3. The van der Waals surface area contributed by atoms with Crippen molar-refractivity contribution < 1.29 is 27.2 Å². The maximum Gasteiger partial charge on any atom is 0.374 e. The number of carbonyl (C=O) groups is 2. The summed E-state index contributed by atoms with van der Waals surface area (Å²) in [5.41, 5.74) is 0. The van der Waals surface area contributed by atoms with Crippen LogP contribution in [0.1, 0.15) is 29.8 Å². The van der Waals surface area contributed by atoms with E-state index in [0.29, 0.717) is 6.42 Å². The lowest BCUT2D eigenvalue weighted by Crippen LogP contribution is -2.44. The second kappa shape index (κ2) is 5.75. The van der Waals surface area contributed by atoms with E-state index in [2.05, 4.69) is 0 Å². The monoisotopic (exact) mass is 327 g/mol. The molecule has 7 nitrogen and oxygen atoms in total. The van der Waals surface area contributed by atoms with Crippen LogP contribution in [0.5, 0.6) is 0 Å². The lowest BCUT2D eigenvalue weighted by molar-refractivity contribution is -0.137. The first-order valence-corrected chi connectivity index (χ1v) is 9.00. The third-order valence-corrected chi connectivity index (χ3v) is 5.63. The van der Waals surface area contributed by atoms with Crippen LogP contribution in [0.3, 0.4) is 0 Å². The van der Waals surface area contributed by atoms with Crippen molar-refractivity contribution in [1.29, 1.82) is 0 Å². The summed E-state index contributed by atoms with van der Waals surface area (Å²) in [6.07, 6.45) is 3.54. The van der Waals surface area contributed by atoms with E-state index in [9.17, 15) is 18.0 Å². The topological polar surface area (TPSA) is 93.9 Å². The summed E-state index contributed by atoms with van der Waals surface area (Å²) >= 11 is 0. The largest absolute Gasteiger partial charge is 0.457 e. The molecule has 0 aromatic carbocycles. The van der Waals surface area contributed by atoms with Crippen LogP contribution >= 0.6 is 0 Å². The number of nitrogens with zero attached hydrogens (tertiary/aromatic N) is 1. The van der Waals surface area contributed by atoms with Crippen LogP contribution in [0.15, 0.2) is 22.8 Å². The van der Waals surface area contributed by atoms with E-state index in [1.54, 1.807) is 11.0 Å². The van der Waals surface area contributed by atoms with Crippen molar-refractivity contribution in [1.82, 2.24) is 4.90 Å². The number of sulfone groups is 1. The Morgan fingerprint density at radius 1 is 1.27 bits per heavy atom. The van der Waals surface area contributed by atoms with Crippen LogP contribution in [0.4, 0.5) is 0 Å². The summed E-state index contributed by atoms with van der Waals surface area (Å²) < 4.78 is 33.0. The Morgan fingerprint density at radius 3 is 2.59 bits per heavy atom. The van der Waals surface area contributed by atoms with E-state index in [-0.39, 0.29) is 35.3 Å². The third kappa shape index (κ3) is 3.32. The van der Waals surface area contributed by atoms with Crippen molar-refractivity contribution in [2.75, 3.05) is 18.1 Å². The third-order valence-electron chi connectivity index (χ3n) is 3.88. The SMILES string of the molecule is O=C(OCC(=O)N(C1CC1)[C@@H]1CCS(=O)(=O)C1)c1ccco1. The Balaban J connectivity index is 1.60. The predicted octanol–water partition coefficient (Wildman–Crippen LogP) is 0.614. The highest BCUT2D eigenvalue weighted by atomic mass is 32.2. The molecule has 2 aliphatic rings. The summed E-state index contributed by atoms with van der Waals surface area (Å²) in [7, 11) is -3.06. The van der Waals surface area contributed by atoms with Gasteiger partial charge in [0.25, 0.3) is 5.91 Å². The standard InChI is InChI=1S/C14H17NO6S/c16-13(8-21-14(17)12-2-1-6-20-12)15(10-3-4-10)11-5-7-22(18,19)9-11/h1-2,6,10-11H,3-5,7-9H2/t11-/m1/s1. The van der Waals surface area contributed by atoms with Crippen molar-refractivity contribution in [3.63, 3.8) is 0 Å². The van der Waals surface area contributed by atoms with E-state index in [1.807, 2.05) is 0 Å². The van der Waals surface area contributed by atoms with Gasteiger partial charge in [0, 0.05) is 12.1 Å². The zero-order chi connectivity index (χ0) is 15.7. The maximum atomic E-state index is 12.3. The average molecular weight is 327 g/mol. The molecule has 1 amide bonds. The second-order valence-corrected chi connectivity index (χ2v) is 7.87. The molecule has 2 heterocycles. The van der Waals surface area contributed by atoms with Crippen LogP contribution in [0, 0.1) is 0 Å². The Labute approximate surface area is 128 Å². The minimum atomic E-state index is -3.06. The van der Waals surface area contributed by atoms with Gasteiger partial charge < -0.3 is 14.1 Å². The number of amides is 1. The van der Waals surface area contributed by atoms with Gasteiger partial charge in [-0.2, -0.15) is 0 Å². The normalized spacial score (nSPS) is 23.2. The molecule has 0 spiro atoms. The second-order valence-electron chi connectivity index (χ2n) is 5.64. The molecule has 3 rings (SSSR count). The van der Waals surface area contributed by atoms with E-state index < -0.39 is 22.4 Å². The molecular weight excluding hydrogens is 310 g/mol. The number of esters is 1. The highest BCUT2D eigenvalue weighted by Crippen LogP contribution is 2.32. The molecule has 0 radical (unpaired) electrons. The number of carbonyl (C=O) groups excluding carboxylic acids is 2. The first-order valence-electron chi connectivity index (χ1n) is 7.18. The quantitative estimate of drug-likeness (QED) is 0.736.